The number of carbonyl (C=O) groups is 3. The number of Topliss-reactive ketones (excluding diaryl/α,β-unsaturated/α-hetero) is 1. The van der Waals surface area contributed by atoms with Gasteiger partial charge < -0.3 is 28.4 Å². The first-order valence-electron chi connectivity index (χ1n) is 11.7. The molecule has 3 aromatic rings. The Bertz CT molecular complexity index is 1460. The Morgan fingerprint density at radius 1 is 0.921 bits per heavy atom. The zero-order valence-corrected chi connectivity index (χ0v) is 21.2. The molecule has 5 rings (SSSR count). The molecule has 2 heterocycles. The molecular formula is C29H24O9. The lowest BCUT2D eigenvalue weighted by molar-refractivity contribution is -0.135. The van der Waals surface area contributed by atoms with Crippen LogP contribution in [-0.2, 0) is 9.59 Å². The molecule has 194 valence electrons. The molecule has 0 bridgehead atoms. The maximum Gasteiger partial charge on any atom is 0.312 e. The first-order chi connectivity index (χ1) is 18.3. The van der Waals surface area contributed by atoms with E-state index in [0.29, 0.717) is 33.9 Å². The quantitative estimate of drug-likeness (QED) is 0.262. The lowest BCUT2D eigenvalue weighted by atomic mass is 9.84. The third kappa shape index (κ3) is 4.43. The van der Waals surface area contributed by atoms with Gasteiger partial charge in [-0.25, -0.2) is 0 Å². The molecule has 9 nitrogen and oxygen atoms in total. The van der Waals surface area contributed by atoms with E-state index in [1.54, 1.807) is 49.6 Å². The number of fused-ring (bicyclic) bond motifs is 3. The molecule has 0 aromatic heterocycles. The van der Waals surface area contributed by atoms with Crippen LogP contribution in [0, 0.1) is 0 Å². The topological polar surface area (TPSA) is 107 Å². The summed E-state index contributed by atoms with van der Waals surface area (Å²) in [5.74, 6) is 0.270. The lowest BCUT2D eigenvalue weighted by Crippen LogP contribution is -2.21. The molecule has 0 radical (unpaired) electrons. The van der Waals surface area contributed by atoms with Crippen LogP contribution < -0.4 is 28.4 Å². The predicted molar refractivity (Wildman–Crippen MR) is 135 cm³/mol. The minimum absolute atomic E-state index is 0.0161. The average molecular weight is 517 g/mol. The van der Waals surface area contributed by atoms with Gasteiger partial charge in [0.15, 0.2) is 17.3 Å². The Morgan fingerprint density at radius 2 is 1.61 bits per heavy atom. The Balaban J connectivity index is 1.60. The second-order valence-corrected chi connectivity index (χ2v) is 8.65. The summed E-state index contributed by atoms with van der Waals surface area (Å²) in [7, 11) is 4.45. The van der Waals surface area contributed by atoms with Crippen molar-refractivity contribution in [3.63, 3.8) is 0 Å². The standard InChI is InChI=1S/C29H24O9/c1-15(30)36-29-23(34-3)12-17(13-24(29)35-4)20-14-25(31)37-21-10-9-19-27(32)22(38-28(19)26(20)21)11-16-5-7-18(33-2)8-6-16/h5-13,20H,14H2,1-4H3/b22-11+/t20-/m0/s1. The molecule has 0 saturated carbocycles. The van der Waals surface area contributed by atoms with Crippen LogP contribution in [0.2, 0.25) is 0 Å². The third-order valence-corrected chi connectivity index (χ3v) is 6.32. The SMILES string of the molecule is COc1ccc(/C=C2/Oc3c(ccc4c3[C@H](c3cc(OC)c(OC(C)=O)c(OC)c3)CC(=O)O4)C2=O)cc1. The fourth-order valence-corrected chi connectivity index (χ4v) is 4.59. The number of benzene rings is 3. The molecule has 38 heavy (non-hydrogen) atoms. The number of ketones is 1. The minimum atomic E-state index is -0.552. The van der Waals surface area contributed by atoms with Crippen molar-refractivity contribution in [2.24, 2.45) is 0 Å². The number of rotatable bonds is 6. The van der Waals surface area contributed by atoms with E-state index in [0.717, 1.165) is 5.56 Å². The van der Waals surface area contributed by atoms with Crippen LogP contribution in [0.15, 0.2) is 54.3 Å². The van der Waals surface area contributed by atoms with E-state index in [1.807, 2.05) is 12.1 Å². The number of allylic oxidation sites excluding steroid dienone is 1. The van der Waals surface area contributed by atoms with Crippen molar-refractivity contribution in [2.45, 2.75) is 19.3 Å². The van der Waals surface area contributed by atoms with Gasteiger partial charge in [-0.15, -0.1) is 0 Å². The van der Waals surface area contributed by atoms with Gasteiger partial charge in [-0.1, -0.05) is 12.1 Å². The normalized spacial score (nSPS) is 16.7. The van der Waals surface area contributed by atoms with Crippen LogP contribution in [0.1, 0.15) is 46.3 Å². The zero-order chi connectivity index (χ0) is 27.0. The molecule has 2 aliphatic heterocycles. The van der Waals surface area contributed by atoms with Gasteiger partial charge in [0.1, 0.15) is 17.2 Å². The minimum Gasteiger partial charge on any atom is -0.497 e. The third-order valence-electron chi connectivity index (χ3n) is 6.32. The van der Waals surface area contributed by atoms with E-state index in [-0.39, 0.29) is 35.2 Å². The highest BCUT2D eigenvalue weighted by Gasteiger charge is 2.39. The molecule has 3 aromatic carbocycles. The van der Waals surface area contributed by atoms with Gasteiger partial charge in [-0.2, -0.15) is 0 Å². The van der Waals surface area contributed by atoms with Gasteiger partial charge in [0.25, 0.3) is 0 Å². The summed E-state index contributed by atoms with van der Waals surface area (Å²) in [6.45, 7) is 1.27. The van der Waals surface area contributed by atoms with Gasteiger partial charge in [0, 0.05) is 18.4 Å². The van der Waals surface area contributed by atoms with Crippen LogP contribution in [0.4, 0.5) is 0 Å². The summed E-state index contributed by atoms with van der Waals surface area (Å²) in [6, 6.07) is 13.7. The highest BCUT2D eigenvalue weighted by Crippen LogP contribution is 2.51. The zero-order valence-electron chi connectivity index (χ0n) is 21.2. The second kappa shape index (κ2) is 9.93. The Kier molecular flexibility index (Phi) is 6.50. The van der Waals surface area contributed by atoms with Crippen LogP contribution >= 0.6 is 0 Å². The van der Waals surface area contributed by atoms with Crippen LogP contribution in [0.3, 0.4) is 0 Å². The number of esters is 2. The molecular weight excluding hydrogens is 492 g/mol. The predicted octanol–water partition coefficient (Wildman–Crippen LogP) is 4.69. The summed E-state index contributed by atoms with van der Waals surface area (Å²) in [5, 5.41) is 0. The number of hydrogen-bond acceptors (Lipinski definition) is 9. The first-order valence-corrected chi connectivity index (χ1v) is 11.7. The van der Waals surface area contributed by atoms with Gasteiger partial charge in [0.2, 0.25) is 11.5 Å². The van der Waals surface area contributed by atoms with Gasteiger partial charge >= 0.3 is 11.9 Å². The van der Waals surface area contributed by atoms with Crippen molar-refractivity contribution < 1.29 is 42.8 Å². The molecule has 0 fully saturated rings. The van der Waals surface area contributed by atoms with E-state index < -0.39 is 17.9 Å². The summed E-state index contributed by atoms with van der Waals surface area (Å²) >= 11 is 0. The van der Waals surface area contributed by atoms with Crippen LogP contribution in [0.5, 0.6) is 34.5 Å². The Labute approximate surface area is 218 Å². The molecule has 0 spiro atoms. The summed E-state index contributed by atoms with van der Waals surface area (Å²) < 4.78 is 33.1. The monoisotopic (exact) mass is 516 g/mol. The average Bonchev–Trinajstić information content (AvgIpc) is 3.23. The second-order valence-electron chi connectivity index (χ2n) is 8.65. The molecule has 2 aliphatic rings. The summed E-state index contributed by atoms with van der Waals surface area (Å²) in [5.41, 5.74) is 2.30. The van der Waals surface area contributed by atoms with Crippen molar-refractivity contribution in [3.05, 3.63) is 76.5 Å². The van der Waals surface area contributed by atoms with Gasteiger partial charge in [-0.3, -0.25) is 14.4 Å². The molecule has 0 saturated heterocycles. The summed E-state index contributed by atoms with van der Waals surface area (Å²) in [4.78, 5) is 37.5. The molecule has 9 heteroatoms. The fourth-order valence-electron chi connectivity index (χ4n) is 4.59. The van der Waals surface area contributed by atoms with Crippen molar-refractivity contribution in [3.8, 4) is 34.5 Å². The number of ether oxygens (including phenoxy) is 6. The Hall–Kier alpha value is -4.79. The maximum atomic E-state index is 13.3. The van der Waals surface area contributed by atoms with Gasteiger partial charge in [0.05, 0.1) is 33.3 Å². The highest BCUT2D eigenvalue weighted by molar-refractivity contribution is 6.15. The van der Waals surface area contributed by atoms with E-state index in [9.17, 15) is 14.4 Å². The van der Waals surface area contributed by atoms with Gasteiger partial charge in [-0.05, 0) is 53.6 Å². The fraction of sp³-hybridized carbons (Fsp3) is 0.207. The molecule has 0 aliphatic carbocycles. The van der Waals surface area contributed by atoms with Crippen LogP contribution in [-0.4, -0.2) is 39.1 Å². The largest absolute Gasteiger partial charge is 0.497 e. The number of hydrogen-bond donors (Lipinski definition) is 0. The van der Waals surface area contributed by atoms with Crippen molar-refractivity contribution in [2.75, 3.05) is 21.3 Å². The number of carbonyl (C=O) groups excluding carboxylic acids is 3. The van der Waals surface area contributed by atoms with Crippen molar-refractivity contribution in [1.82, 2.24) is 0 Å². The lowest BCUT2D eigenvalue weighted by Gasteiger charge is -2.27. The Morgan fingerprint density at radius 3 is 2.21 bits per heavy atom. The molecule has 1 atom stereocenters. The molecule has 0 amide bonds. The smallest absolute Gasteiger partial charge is 0.312 e. The molecule has 0 unspecified atom stereocenters. The van der Waals surface area contributed by atoms with E-state index in [4.69, 9.17) is 28.4 Å². The van der Waals surface area contributed by atoms with Crippen molar-refractivity contribution >= 4 is 23.8 Å². The maximum absolute atomic E-state index is 13.3. The van der Waals surface area contributed by atoms with E-state index in [1.165, 1.54) is 21.1 Å². The van der Waals surface area contributed by atoms with E-state index >= 15 is 0 Å². The highest BCUT2D eigenvalue weighted by atomic mass is 16.6. The molecule has 0 N–H and O–H groups in total. The van der Waals surface area contributed by atoms with E-state index in [2.05, 4.69) is 0 Å². The van der Waals surface area contributed by atoms with Crippen LogP contribution in [0.25, 0.3) is 6.08 Å². The first kappa shape index (κ1) is 24.9. The number of methoxy groups -OCH3 is 3. The summed E-state index contributed by atoms with van der Waals surface area (Å²) in [6.07, 6.45) is 1.63. The van der Waals surface area contributed by atoms with Crippen molar-refractivity contribution in [1.29, 1.82) is 0 Å².